The van der Waals surface area contributed by atoms with Crippen molar-refractivity contribution in [1.29, 1.82) is 0 Å². The number of aryl methyl sites for hydroxylation is 1. The van der Waals surface area contributed by atoms with Crippen molar-refractivity contribution >= 4 is 17.7 Å². The van der Waals surface area contributed by atoms with Gasteiger partial charge in [0.15, 0.2) is 0 Å². The molecular weight excluding hydrogens is 338 g/mol. The molecule has 0 aliphatic rings. The van der Waals surface area contributed by atoms with Crippen molar-refractivity contribution < 1.29 is 4.79 Å². The second-order valence-electron chi connectivity index (χ2n) is 6.01. The maximum atomic E-state index is 12.5. The molecule has 1 aromatic heterocycles. The zero-order chi connectivity index (χ0) is 18.6. The van der Waals surface area contributed by atoms with Crippen molar-refractivity contribution in [2.24, 2.45) is 14.1 Å². The van der Waals surface area contributed by atoms with Crippen LogP contribution >= 0.6 is 11.8 Å². The third-order valence-electron chi connectivity index (χ3n) is 4.02. The highest BCUT2D eigenvalue weighted by Gasteiger charge is 2.17. The summed E-state index contributed by atoms with van der Waals surface area (Å²) in [5.41, 5.74) is 0.366. The first-order valence-corrected chi connectivity index (χ1v) is 9.02. The van der Waals surface area contributed by atoms with Crippen molar-refractivity contribution in [3.8, 4) is 0 Å². The van der Waals surface area contributed by atoms with Gasteiger partial charge < -0.3 is 4.90 Å². The fourth-order valence-electron chi connectivity index (χ4n) is 2.36. The minimum atomic E-state index is -0.501. The number of nitrogens with zero attached hydrogens (tertiary/aromatic N) is 3. The van der Waals surface area contributed by atoms with Gasteiger partial charge in [-0.3, -0.25) is 18.7 Å². The average molecular weight is 361 g/mol. The van der Waals surface area contributed by atoms with E-state index in [2.05, 4.69) is 31.2 Å². The quantitative estimate of drug-likeness (QED) is 0.580. The predicted molar refractivity (Wildman–Crippen MR) is 100 cm³/mol. The van der Waals surface area contributed by atoms with Crippen molar-refractivity contribution in [3.05, 3.63) is 62.4 Å². The number of benzene rings is 1. The van der Waals surface area contributed by atoms with Crippen molar-refractivity contribution in [2.75, 3.05) is 19.3 Å². The van der Waals surface area contributed by atoms with Crippen LogP contribution in [-0.4, -0.2) is 39.3 Å². The third-order valence-corrected chi connectivity index (χ3v) is 5.12. The fourth-order valence-corrected chi connectivity index (χ4v) is 3.20. The summed E-state index contributed by atoms with van der Waals surface area (Å²) in [5.74, 6) is 0.563. The molecule has 1 heterocycles. The highest BCUT2D eigenvalue weighted by atomic mass is 32.2. The summed E-state index contributed by atoms with van der Waals surface area (Å²) < 4.78 is 2.19. The molecule has 25 heavy (non-hydrogen) atoms. The number of aromatic nitrogens is 2. The molecule has 134 valence electrons. The number of amides is 1. The molecule has 0 N–H and O–H groups in total. The summed E-state index contributed by atoms with van der Waals surface area (Å²) in [6.45, 7) is 2.61. The molecule has 0 radical (unpaired) electrons. The molecule has 7 heteroatoms. The van der Waals surface area contributed by atoms with Gasteiger partial charge in [-0.05, 0) is 31.2 Å². The first kappa shape index (κ1) is 19.1. The van der Waals surface area contributed by atoms with E-state index in [1.165, 1.54) is 35.2 Å². The highest BCUT2D eigenvalue weighted by molar-refractivity contribution is 7.99. The van der Waals surface area contributed by atoms with Crippen LogP contribution in [0.2, 0.25) is 0 Å². The normalized spacial score (nSPS) is 10.7. The highest BCUT2D eigenvalue weighted by Crippen LogP contribution is 2.19. The lowest BCUT2D eigenvalue weighted by Gasteiger charge is -2.18. The molecule has 2 rings (SSSR count). The molecule has 0 spiro atoms. The van der Waals surface area contributed by atoms with Crippen LogP contribution in [0.3, 0.4) is 0 Å². The maximum absolute atomic E-state index is 12.5. The minimum absolute atomic E-state index is 0.113. The molecule has 0 saturated carbocycles. The lowest BCUT2D eigenvalue weighted by molar-refractivity contribution is 0.0783. The molecule has 0 unspecified atom stereocenters. The molecule has 2 aromatic rings. The Morgan fingerprint density at radius 1 is 1.12 bits per heavy atom. The van der Waals surface area contributed by atoms with Crippen LogP contribution in [-0.2, 0) is 14.1 Å². The Hall–Kier alpha value is -2.28. The van der Waals surface area contributed by atoms with Gasteiger partial charge in [0, 0.05) is 38.6 Å². The fraction of sp³-hybridized carbons (Fsp3) is 0.389. The van der Waals surface area contributed by atoms with E-state index in [9.17, 15) is 14.4 Å². The number of thioether (sulfide) groups is 1. The van der Waals surface area contributed by atoms with E-state index in [0.29, 0.717) is 6.54 Å². The number of hydrogen-bond donors (Lipinski definition) is 0. The Balaban J connectivity index is 1.94. The summed E-state index contributed by atoms with van der Waals surface area (Å²) in [6, 6.07) is 9.54. The Morgan fingerprint density at radius 3 is 2.40 bits per heavy atom. The summed E-state index contributed by atoms with van der Waals surface area (Å²) in [7, 11) is 4.57. The van der Waals surface area contributed by atoms with Gasteiger partial charge in [0.05, 0.1) is 0 Å². The van der Waals surface area contributed by atoms with Gasteiger partial charge in [-0.15, -0.1) is 11.8 Å². The van der Waals surface area contributed by atoms with E-state index < -0.39 is 11.2 Å². The van der Waals surface area contributed by atoms with E-state index in [4.69, 9.17) is 0 Å². The molecule has 0 saturated heterocycles. The van der Waals surface area contributed by atoms with Crippen molar-refractivity contribution in [3.63, 3.8) is 0 Å². The van der Waals surface area contributed by atoms with Crippen LogP contribution < -0.4 is 11.2 Å². The van der Waals surface area contributed by atoms with E-state index >= 15 is 0 Å². The Kier molecular flexibility index (Phi) is 6.25. The van der Waals surface area contributed by atoms with Crippen LogP contribution in [0.1, 0.15) is 22.5 Å². The Bertz CT molecular complexity index is 869. The van der Waals surface area contributed by atoms with Gasteiger partial charge in [0.25, 0.3) is 11.5 Å². The minimum Gasteiger partial charge on any atom is -0.340 e. The number of carbonyl (C=O) groups excluding carboxylic acids is 1. The SMILES string of the molecule is Cc1ccc(SCCCN(C)C(=O)c2cc(=O)n(C)c(=O)n2C)cc1. The number of rotatable bonds is 6. The largest absolute Gasteiger partial charge is 0.340 e. The summed E-state index contributed by atoms with van der Waals surface area (Å²) in [4.78, 5) is 38.9. The monoisotopic (exact) mass is 361 g/mol. The molecule has 6 nitrogen and oxygen atoms in total. The summed E-state index contributed by atoms with van der Waals surface area (Å²) in [6.07, 6.45) is 0.819. The standard InChI is InChI=1S/C18H23N3O3S/c1-13-6-8-14(9-7-13)25-11-5-10-19(2)17(23)15-12-16(22)21(4)18(24)20(15)3/h6-9,12H,5,10-11H2,1-4H3. The van der Waals surface area contributed by atoms with E-state index in [0.717, 1.165) is 16.7 Å². The summed E-state index contributed by atoms with van der Waals surface area (Å²) >= 11 is 1.74. The maximum Gasteiger partial charge on any atom is 0.331 e. The number of hydrogen-bond acceptors (Lipinski definition) is 4. The van der Waals surface area contributed by atoms with Crippen LogP contribution in [0.5, 0.6) is 0 Å². The first-order valence-electron chi connectivity index (χ1n) is 8.03. The first-order chi connectivity index (χ1) is 11.8. The van der Waals surface area contributed by atoms with Gasteiger partial charge in [0.1, 0.15) is 5.69 Å². The molecule has 1 amide bonds. The molecule has 1 aromatic carbocycles. The zero-order valence-corrected chi connectivity index (χ0v) is 15.8. The van der Waals surface area contributed by atoms with Gasteiger partial charge in [0.2, 0.25) is 0 Å². The predicted octanol–water partition coefficient (Wildman–Crippen LogP) is 1.65. The van der Waals surface area contributed by atoms with E-state index in [-0.39, 0.29) is 11.6 Å². The van der Waals surface area contributed by atoms with Gasteiger partial charge in [-0.25, -0.2) is 4.79 Å². The van der Waals surface area contributed by atoms with E-state index in [1.807, 2.05) is 0 Å². The van der Waals surface area contributed by atoms with Crippen LogP contribution in [0, 0.1) is 6.92 Å². The molecule has 0 bridgehead atoms. The lowest BCUT2D eigenvalue weighted by Crippen LogP contribution is -2.41. The smallest absolute Gasteiger partial charge is 0.331 e. The molecule has 0 fully saturated rings. The van der Waals surface area contributed by atoms with Gasteiger partial charge in [-0.2, -0.15) is 0 Å². The van der Waals surface area contributed by atoms with Crippen molar-refractivity contribution in [2.45, 2.75) is 18.2 Å². The van der Waals surface area contributed by atoms with Gasteiger partial charge >= 0.3 is 5.69 Å². The zero-order valence-electron chi connectivity index (χ0n) is 15.0. The molecule has 0 atom stereocenters. The van der Waals surface area contributed by atoms with Crippen molar-refractivity contribution in [1.82, 2.24) is 14.0 Å². The second kappa shape index (κ2) is 8.20. The molecule has 0 aliphatic carbocycles. The van der Waals surface area contributed by atoms with Crippen LogP contribution in [0.4, 0.5) is 0 Å². The Morgan fingerprint density at radius 2 is 1.76 bits per heavy atom. The number of carbonyl (C=O) groups is 1. The van der Waals surface area contributed by atoms with Crippen LogP contribution in [0.25, 0.3) is 0 Å². The topological polar surface area (TPSA) is 64.3 Å². The molecular formula is C18H23N3O3S. The van der Waals surface area contributed by atoms with E-state index in [1.54, 1.807) is 23.7 Å². The lowest BCUT2D eigenvalue weighted by atomic mass is 10.2. The second-order valence-corrected chi connectivity index (χ2v) is 7.18. The van der Waals surface area contributed by atoms with Gasteiger partial charge in [-0.1, -0.05) is 17.7 Å². The third kappa shape index (κ3) is 4.63. The summed E-state index contributed by atoms with van der Waals surface area (Å²) in [5, 5.41) is 0. The van der Waals surface area contributed by atoms with Crippen LogP contribution in [0.15, 0.2) is 44.8 Å². The Labute approximate surface area is 151 Å². The average Bonchev–Trinajstić information content (AvgIpc) is 2.60. The molecule has 0 aliphatic heterocycles.